The second-order valence-electron chi connectivity index (χ2n) is 6.09. The fraction of sp³-hybridized carbons (Fsp3) is 0.200. The molecule has 0 saturated carbocycles. The molecule has 0 aliphatic heterocycles. The third-order valence-electron chi connectivity index (χ3n) is 4.12. The van der Waals surface area contributed by atoms with Crippen LogP contribution in [0.25, 0.3) is 11.3 Å². The van der Waals surface area contributed by atoms with Gasteiger partial charge >= 0.3 is 0 Å². The third kappa shape index (κ3) is 4.17. The fourth-order valence-electron chi connectivity index (χ4n) is 2.71. The maximum Gasteiger partial charge on any atom is 0.273 e. The van der Waals surface area contributed by atoms with E-state index in [1.807, 2.05) is 38.1 Å². The van der Waals surface area contributed by atoms with E-state index in [1.165, 1.54) is 17.4 Å². The highest BCUT2D eigenvalue weighted by atomic mass is 32.1. The van der Waals surface area contributed by atoms with Gasteiger partial charge in [0.1, 0.15) is 5.75 Å². The summed E-state index contributed by atoms with van der Waals surface area (Å²) in [7, 11) is 0. The molecule has 3 aromatic rings. The maximum absolute atomic E-state index is 12.5. The van der Waals surface area contributed by atoms with Crippen LogP contribution < -0.4 is 10.1 Å². The highest BCUT2D eigenvalue weighted by molar-refractivity contribution is 7.16. The molecule has 0 aliphatic rings. The summed E-state index contributed by atoms with van der Waals surface area (Å²) < 4.78 is 5.45. The quantitative estimate of drug-likeness (QED) is 0.467. The largest absolute Gasteiger partial charge is 0.494 e. The van der Waals surface area contributed by atoms with Crippen molar-refractivity contribution in [1.29, 1.82) is 0 Å². The molecule has 1 amide bonds. The summed E-state index contributed by atoms with van der Waals surface area (Å²) in [6, 6.07) is 12.0. The van der Waals surface area contributed by atoms with E-state index in [-0.39, 0.29) is 11.3 Å². The first-order chi connectivity index (χ1) is 13.4. The van der Waals surface area contributed by atoms with Gasteiger partial charge in [-0.05, 0) is 51.1 Å². The van der Waals surface area contributed by atoms with Gasteiger partial charge in [-0.25, -0.2) is 4.98 Å². The Hall–Kier alpha value is -3.26. The van der Waals surface area contributed by atoms with Crippen LogP contribution in [0.2, 0.25) is 0 Å². The Morgan fingerprint density at radius 3 is 2.57 bits per heavy atom. The van der Waals surface area contributed by atoms with Crippen molar-refractivity contribution in [3.05, 3.63) is 68.6 Å². The zero-order valence-electron chi connectivity index (χ0n) is 15.7. The molecule has 28 heavy (non-hydrogen) atoms. The van der Waals surface area contributed by atoms with E-state index in [1.54, 1.807) is 19.1 Å². The standard InChI is InChI=1S/C20H19N3O4S/c1-4-27-16-9-7-14(8-10-16)18-13(3)28-20(21-18)22-19(24)15-6-5-12(2)17(11-15)23(25)26/h5-11H,4H2,1-3H3,(H,21,22,24). The van der Waals surface area contributed by atoms with Crippen molar-refractivity contribution in [3.8, 4) is 17.0 Å². The van der Waals surface area contributed by atoms with E-state index < -0.39 is 10.8 Å². The molecule has 1 heterocycles. The highest BCUT2D eigenvalue weighted by Gasteiger charge is 2.17. The molecule has 0 unspecified atom stereocenters. The number of benzene rings is 2. The number of carbonyl (C=O) groups excluding carboxylic acids is 1. The molecule has 0 aliphatic carbocycles. The number of rotatable bonds is 6. The number of amides is 1. The molecule has 0 spiro atoms. The van der Waals surface area contributed by atoms with Crippen LogP contribution in [0.15, 0.2) is 42.5 Å². The normalized spacial score (nSPS) is 10.5. The first-order valence-electron chi connectivity index (χ1n) is 8.66. The van der Waals surface area contributed by atoms with Crippen molar-refractivity contribution in [2.24, 2.45) is 0 Å². The van der Waals surface area contributed by atoms with E-state index in [2.05, 4.69) is 10.3 Å². The first kappa shape index (κ1) is 19.5. The number of nitrogens with zero attached hydrogens (tertiary/aromatic N) is 2. The zero-order chi connectivity index (χ0) is 20.3. The van der Waals surface area contributed by atoms with Crippen molar-refractivity contribution in [3.63, 3.8) is 0 Å². The number of nitro benzene ring substituents is 1. The average molecular weight is 397 g/mol. The monoisotopic (exact) mass is 397 g/mol. The lowest BCUT2D eigenvalue weighted by molar-refractivity contribution is -0.385. The van der Waals surface area contributed by atoms with Crippen LogP contribution in [0.1, 0.15) is 27.7 Å². The molecule has 2 aromatic carbocycles. The Bertz CT molecular complexity index is 1030. The zero-order valence-corrected chi connectivity index (χ0v) is 16.5. The van der Waals surface area contributed by atoms with Crippen LogP contribution in [-0.2, 0) is 0 Å². The summed E-state index contributed by atoms with van der Waals surface area (Å²) >= 11 is 1.35. The van der Waals surface area contributed by atoms with Crippen LogP contribution in [0.5, 0.6) is 5.75 Å². The first-order valence-corrected chi connectivity index (χ1v) is 9.47. The molecule has 3 rings (SSSR count). The number of anilines is 1. The molecule has 0 bridgehead atoms. The lowest BCUT2D eigenvalue weighted by Gasteiger charge is -2.04. The van der Waals surface area contributed by atoms with Gasteiger partial charge in [0.25, 0.3) is 11.6 Å². The van der Waals surface area contributed by atoms with Gasteiger partial charge < -0.3 is 4.74 Å². The van der Waals surface area contributed by atoms with E-state index >= 15 is 0 Å². The van der Waals surface area contributed by atoms with Gasteiger partial charge in [-0.3, -0.25) is 20.2 Å². The molecule has 0 atom stereocenters. The minimum Gasteiger partial charge on any atom is -0.494 e. The van der Waals surface area contributed by atoms with E-state index in [4.69, 9.17) is 4.74 Å². The van der Waals surface area contributed by atoms with Crippen molar-refractivity contribution in [2.75, 3.05) is 11.9 Å². The summed E-state index contributed by atoms with van der Waals surface area (Å²) in [5.74, 6) is 0.351. The number of thiazole rings is 1. The van der Waals surface area contributed by atoms with Gasteiger partial charge in [0, 0.05) is 27.6 Å². The molecule has 144 valence electrons. The topological polar surface area (TPSA) is 94.4 Å². The Morgan fingerprint density at radius 1 is 1.21 bits per heavy atom. The van der Waals surface area contributed by atoms with Gasteiger partial charge in [-0.15, -0.1) is 11.3 Å². The van der Waals surface area contributed by atoms with Gasteiger partial charge in [0.15, 0.2) is 5.13 Å². The van der Waals surface area contributed by atoms with Gasteiger partial charge in [0.2, 0.25) is 0 Å². The second kappa shape index (κ2) is 8.18. The number of ether oxygens (including phenoxy) is 1. The maximum atomic E-state index is 12.5. The fourth-order valence-corrected chi connectivity index (χ4v) is 3.54. The smallest absolute Gasteiger partial charge is 0.273 e. The van der Waals surface area contributed by atoms with Gasteiger partial charge in [-0.2, -0.15) is 0 Å². The molecule has 7 nitrogen and oxygen atoms in total. The number of nitro groups is 1. The summed E-state index contributed by atoms with van der Waals surface area (Å²) in [6.07, 6.45) is 0. The number of aromatic nitrogens is 1. The minimum absolute atomic E-state index is 0.0851. The molecular formula is C20H19N3O4S. The summed E-state index contributed by atoms with van der Waals surface area (Å²) in [5.41, 5.74) is 2.33. The minimum atomic E-state index is -0.496. The molecule has 1 N–H and O–H groups in total. The number of aryl methyl sites for hydroxylation is 2. The average Bonchev–Trinajstić information content (AvgIpc) is 3.02. The van der Waals surface area contributed by atoms with Gasteiger partial charge in [0.05, 0.1) is 17.2 Å². The van der Waals surface area contributed by atoms with Crippen LogP contribution >= 0.6 is 11.3 Å². The SMILES string of the molecule is CCOc1ccc(-c2nc(NC(=O)c3ccc(C)c([N+](=O)[O-])c3)sc2C)cc1. The van der Waals surface area contributed by atoms with E-state index in [0.717, 1.165) is 21.9 Å². The third-order valence-corrected chi connectivity index (χ3v) is 5.01. The number of carbonyl (C=O) groups is 1. The number of hydrogen-bond acceptors (Lipinski definition) is 6. The number of hydrogen-bond donors (Lipinski definition) is 1. The van der Waals surface area contributed by atoms with E-state index in [0.29, 0.717) is 17.3 Å². The second-order valence-corrected chi connectivity index (χ2v) is 7.30. The highest BCUT2D eigenvalue weighted by Crippen LogP contribution is 2.31. The Labute approximate surface area is 166 Å². The molecule has 1 aromatic heterocycles. The van der Waals surface area contributed by atoms with Crippen molar-refractivity contribution < 1.29 is 14.5 Å². The Morgan fingerprint density at radius 2 is 1.93 bits per heavy atom. The Balaban J connectivity index is 1.80. The van der Waals surface area contributed by atoms with Crippen LogP contribution in [0.4, 0.5) is 10.8 Å². The summed E-state index contributed by atoms with van der Waals surface area (Å²) in [5, 5.41) is 14.2. The van der Waals surface area contributed by atoms with Gasteiger partial charge in [-0.1, -0.05) is 6.07 Å². The predicted octanol–water partition coefficient (Wildman–Crippen LogP) is 4.99. The summed E-state index contributed by atoms with van der Waals surface area (Å²) in [4.78, 5) is 28.5. The van der Waals surface area contributed by atoms with Crippen molar-refractivity contribution in [1.82, 2.24) is 4.98 Å². The van der Waals surface area contributed by atoms with Crippen LogP contribution in [0, 0.1) is 24.0 Å². The molecule has 0 fully saturated rings. The Kier molecular flexibility index (Phi) is 5.70. The molecular weight excluding hydrogens is 378 g/mol. The van der Waals surface area contributed by atoms with Crippen molar-refractivity contribution in [2.45, 2.75) is 20.8 Å². The van der Waals surface area contributed by atoms with E-state index in [9.17, 15) is 14.9 Å². The summed E-state index contributed by atoms with van der Waals surface area (Å²) in [6.45, 7) is 6.08. The molecule has 0 radical (unpaired) electrons. The van der Waals surface area contributed by atoms with Crippen LogP contribution in [-0.4, -0.2) is 22.4 Å². The van der Waals surface area contributed by atoms with Crippen LogP contribution in [0.3, 0.4) is 0 Å². The van der Waals surface area contributed by atoms with Crippen molar-refractivity contribution >= 4 is 28.1 Å². The predicted molar refractivity (Wildman–Crippen MR) is 109 cm³/mol. The lowest BCUT2D eigenvalue weighted by atomic mass is 10.1. The molecule has 0 saturated heterocycles. The lowest BCUT2D eigenvalue weighted by Crippen LogP contribution is -2.12. The molecule has 8 heteroatoms. The number of nitrogens with one attached hydrogen (secondary N) is 1.